The first-order valence-electron chi connectivity index (χ1n) is 6.43. The van der Waals surface area contributed by atoms with Crippen molar-refractivity contribution in [3.05, 3.63) is 23.9 Å². The Kier molecular flexibility index (Phi) is 2.91. The Balaban J connectivity index is 1.78. The van der Waals surface area contributed by atoms with Crippen LogP contribution in [0.3, 0.4) is 0 Å². The maximum absolute atomic E-state index is 10.9. The van der Waals surface area contributed by atoms with Gasteiger partial charge in [0.1, 0.15) is 5.82 Å². The van der Waals surface area contributed by atoms with E-state index in [4.69, 9.17) is 5.11 Å². The highest BCUT2D eigenvalue weighted by molar-refractivity contribution is 5.85. The lowest BCUT2D eigenvalue weighted by atomic mass is 10.1. The van der Waals surface area contributed by atoms with Crippen LogP contribution in [0.15, 0.2) is 18.2 Å². The molecular weight excluding hydrogens is 230 g/mol. The van der Waals surface area contributed by atoms with Crippen molar-refractivity contribution >= 4 is 11.8 Å². The number of piperazine rings is 1. The Morgan fingerprint density at radius 2 is 2.22 bits per heavy atom. The lowest BCUT2D eigenvalue weighted by Gasteiger charge is -2.38. The largest absolute Gasteiger partial charge is 0.477 e. The molecule has 1 N–H and O–H groups in total. The summed E-state index contributed by atoms with van der Waals surface area (Å²) in [5.41, 5.74) is 0.126. The van der Waals surface area contributed by atoms with Crippen LogP contribution in [0.25, 0.3) is 0 Å². The fraction of sp³-hybridized carbons (Fsp3) is 0.538. The van der Waals surface area contributed by atoms with Crippen LogP contribution in [0.5, 0.6) is 0 Å². The average molecular weight is 247 g/mol. The Labute approximate surface area is 106 Å². The van der Waals surface area contributed by atoms with Crippen LogP contribution in [0, 0.1) is 0 Å². The van der Waals surface area contributed by atoms with Gasteiger partial charge in [-0.1, -0.05) is 6.07 Å². The molecule has 1 aromatic rings. The van der Waals surface area contributed by atoms with Gasteiger partial charge in [0.05, 0.1) is 0 Å². The minimum Gasteiger partial charge on any atom is -0.477 e. The molecule has 96 valence electrons. The number of nitrogens with zero attached hydrogens (tertiary/aromatic N) is 3. The first-order valence-corrected chi connectivity index (χ1v) is 6.43. The van der Waals surface area contributed by atoms with Gasteiger partial charge < -0.3 is 10.0 Å². The van der Waals surface area contributed by atoms with E-state index in [2.05, 4.69) is 14.8 Å². The van der Waals surface area contributed by atoms with Crippen LogP contribution in [0.1, 0.15) is 23.3 Å². The number of carboxylic acid groups (broad SMARTS) is 1. The van der Waals surface area contributed by atoms with Gasteiger partial charge in [-0.3, -0.25) is 4.90 Å². The number of pyridine rings is 1. The zero-order chi connectivity index (χ0) is 12.5. The van der Waals surface area contributed by atoms with Gasteiger partial charge in [-0.2, -0.15) is 0 Å². The number of anilines is 1. The maximum atomic E-state index is 10.9. The van der Waals surface area contributed by atoms with Gasteiger partial charge in [0.15, 0.2) is 5.69 Å². The van der Waals surface area contributed by atoms with Crippen LogP contribution in [0.4, 0.5) is 5.82 Å². The molecule has 5 nitrogen and oxygen atoms in total. The van der Waals surface area contributed by atoms with Gasteiger partial charge >= 0.3 is 5.97 Å². The zero-order valence-electron chi connectivity index (χ0n) is 10.2. The van der Waals surface area contributed by atoms with E-state index < -0.39 is 5.97 Å². The second kappa shape index (κ2) is 4.57. The van der Waals surface area contributed by atoms with E-state index in [-0.39, 0.29) is 5.69 Å². The Bertz CT molecular complexity index is 463. The molecule has 3 heterocycles. The van der Waals surface area contributed by atoms with E-state index in [0.29, 0.717) is 6.04 Å². The number of aromatic carboxylic acids is 1. The molecule has 2 fully saturated rings. The van der Waals surface area contributed by atoms with Crippen molar-refractivity contribution in [3.63, 3.8) is 0 Å². The van der Waals surface area contributed by atoms with Gasteiger partial charge in [0.25, 0.3) is 0 Å². The number of carboxylic acids is 1. The van der Waals surface area contributed by atoms with Crippen molar-refractivity contribution in [2.45, 2.75) is 18.9 Å². The molecular formula is C13H17N3O2. The summed E-state index contributed by atoms with van der Waals surface area (Å²) < 4.78 is 0. The Morgan fingerprint density at radius 3 is 3.06 bits per heavy atom. The summed E-state index contributed by atoms with van der Waals surface area (Å²) in [6, 6.07) is 5.83. The molecule has 2 aliphatic rings. The van der Waals surface area contributed by atoms with Gasteiger partial charge in [-0.05, 0) is 31.5 Å². The molecule has 0 radical (unpaired) electrons. The highest BCUT2D eigenvalue weighted by atomic mass is 16.4. The lowest BCUT2D eigenvalue weighted by Crippen LogP contribution is -2.50. The molecule has 0 spiro atoms. The van der Waals surface area contributed by atoms with E-state index in [1.807, 2.05) is 6.07 Å². The summed E-state index contributed by atoms with van der Waals surface area (Å²) in [7, 11) is 0. The van der Waals surface area contributed by atoms with Gasteiger partial charge in [-0.15, -0.1) is 0 Å². The summed E-state index contributed by atoms with van der Waals surface area (Å²) in [6.45, 7) is 4.17. The van der Waals surface area contributed by atoms with Gasteiger partial charge in [0.2, 0.25) is 0 Å². The molecule has 1 unspecified atom stereocenters. The predicted octanol–water partition coefficient (Wildman–Crippen LogP) is 1.06. The Morgan fingerprint density at radius 1 is 1.33 bits per heavy atom. The number of fused-ring (bicyclic) bond motifs is 1. The third-order valence-electron chi connectivity index (χ3n) is 3.86. The summed E-state index contributed by atoms with van der Waals surface area (Å²) >= 11 is 0. The molecule has 5 heteroatoms. The minimum atomic E-state index is -0.962. The fourth-order valence-electron chi connectivity index (χ4n) is 2.92. The zero-order valence-corrected chi connectivity index (χ0v) is 10.2. The standard InChI is InChI=1S/C13H17N3O2/c17-13(18)11-4-1-5-12(14-11)16-8-7-15-6-2-3-10(15)9-16/h1,4-5,10H,2-3,6-9H2,(H,17,18). The monoisotopic (exact) mass is 247 g/mol. The fourth-order valence-corrected chi connectivity index (χ4v) is 2.92. The number of carbonyl (C=O) groups is 1. The first kappa shape index (κ1) is 11.5. The minimum absolute atomic E-state index is 0.126. The maximum Gasteiger partial charge on any atom is 0.354 e. The normalized spacial score (nSPS) is 24.0. The Hall–Kier alpha value is -1.62. The number of aromatic nitrogens is 1. The molecule has 0 aromatic carbocycles. The summed E-state index contributed by atoms with van der Waals surface area (Å²) in [6.07, 6.45) is 2.52. The van der Waals surface area contributed by atoms with Crippen LogP contribution in [-0.4, -0.2) is 53.2 Å². The second-order valence-electron chi connectivity index (χ2n) is 4.96. The summed E-state index contributed by atoms with van der Waals surface area (Å²) in [4.78, 5) is 19.9. The molecule has 2 saturated heterocycles. The van der Waals surface area contributed by atoms with E-state index in [1.54, 1.807) is 6.07 Å². The number of rotatable bonds is 2. The van der Waals surface area contributed by atoms with Crippen molar-refractivity contribution in [3.8, 4) is 0 Å². The lowest BCUT2D eigenvalue weighted by molar-refractivity contribution is 0.0690. The summed E-state index contributed by atoms with van der Waals surface area (Å²) in [5.74, 6) is -0.169. The highest BCUT2D eigenvalue weighted by Crippen LogP contribution is 2.24. The third kappa shape index (κ3) is 2.06. The van der Waals surface area contributed by atoms with Gasteiger partial charge in [-0.25, -0.2) is 9.78 Å². The number of hydrogen-bond acceptors (Lipinski definition) is 4. The SMILES string of the molecule is O=C(O)c1cccc(N2CCN3CCCC3C2)n1. The van der Waals surface area contributed by atoms with Crippen molar-refractivity contribution in [2.24, 2.45) is 0 Å². The summed E-state index contributed by atoms with van der Waals surface area (Å²) in [5, 5.41) is 8.97. The highest BCUT2D eigenvalue weighted by Gasteiger charge is 2.31. The number of hydrogen-bond donors (Lipinski definition) is 1. The molecule has 1 atom stereocenters. The third-order valence-corrected chi connectivity index (χ3v) is 3.86. The van der Waals surface area contributed by atoms with Gasteiger partial charge in [0, 0.05) is 25.7 Å². The van der Waals surface area contributed by atoms with Crippen LogP contribution >= 0.6 is 0 Å². The van der Waals surface area contributed by atoms with Crippen LogP contribution < -0.4 is 4.90 Å². The second-order valence-corrected chi connectivity index (χ2v) is 4.96. The predicted molar refractivity (Wildman–Crippen MR) is 68.0 cm³/mol. The topological polar surface area (TPSA) is 56.7 Å². The van der Waals surface area contributed by atoms with Crippen LogP contribution in [-0.2, 0) is 0 Å². The average Bonchev–Trinajstić information content (AvgIpc) is 2.86. The van der Waals surface area contributed by atoms with Crippen LogP contribution in [0.2, 0.25) is 0 Å². The van der Waals surface area contributed by atoms with E-state index in [9.17, 15) is 4.79 Å². The van der Waals surface area contributed by atoms with Crippen molar-refractivity contribution in [2.75, 3.05) is 31.1 Å². The molecule has 2 aliphatic heterocycles. The molecule has 0 aliphatic carbocycles. The smallest absolute Gasteiger partial charge is 0.354 e. The molecule has 3 rings (SSSR count). The molecule has 0 bridgehead atoms. The van der Waals surface area contributed by atoms with E-state index in [0.717, 1.165) is 25.5 Å². The van der Waals surface area contributed by atoms with Crippen molar-refractivity contribution in [1.29, 1.82) is 0 Å². The quantitative estimate of drug-likeness (QED) is 0.847. The molecule has 0 saturated carbocycles. The molecule has 1 aromatic heterocycles. The first-order chi connectivity index (χ1) is 8.74. The molecule has 18 heavy (non-hydrogen) atoms. The molecule has 0 amide bonds. The van der Waals surface area contributed by atoms with Crippen molar-refractivity contribution < 1.29 is 9.90 Å². The van der Waals surface area contributed by atoms with Crippen molar-refractivity contribution in [1.82, 2.24) is 9.88 Å². The van der Waals surface area contributed by atoms with E-state index in [1.165, 1.54) is 25.5 Å². The van der Waals surface area contributed by atoms with E-state index >= 15 is 0 Å².